The van der Waals surface area contributed by atoms with Crippen LogP contribution in [0.1, 0.15) is 12.5 Å². The highest BCUT2D eigenvalue weighted by molar-refractivity contribution is 5.87. The van der Waals surface area contributed by atoms with Gasteiger partial charge >= 0.3 is 0 Å². The van der Waals surface area contributed by atoms with Crippen LogP contribution in [0.2, 0.25) is 0 Å². The second-order valence-electron chi connectivity index (χ2n) is 3.71. The summed E-state index contributed by atoms with van der Waals surface area (Å²) in [7, 11) is 0. The van der Waals surface area contributed by atoms with E-state index in [1.807, 2.05) is 0 Å². The number of hydrogen-bond acceptors (Lipinski definition) is 2. The molecule has 2 aromatic rings. The SMILES string of the molecule is CC(=O)Nc1ccn(Cc2ccc(F)cc2)n1. The predicted octanol–water partition coefficient (Wildman–Crippen LogP) is 2.03. The van der Waals surface area contributed by atoms with Gasteiger partial charge in [0.15, 0.2) is 5.82 Å². The summed E-state index contributed by atoms with van der Waals surface area (Å²) in [6.45, 7) is 1.97. The topological polar surface area (TPSA) is 46.9 Å². The number of nitrogens with one attached hydrogen (secondary N) is 1. The third-order valence-corrected chi connectivity index (χ3v) is 2.20. The first-order valence-corrected chi connectivity index (χ1v) is 5.19. The highest BCUT2D eigenvalue weighted by atomic mass is 19.1. The summed E-state index contributed by atoms with van der Waals surface area (Å²) in [4.78, 5) is 10.8. The molecule has 1 N–H and O–H groups in total. The fourth-order valence-electron chi connectivity index (χ4n) is 1.47. The standard InChI is InChI=1S/C12H12FN3O/c1-9(17)14-12-6-7-16(15-12)8-10-2-4-11(13)5-3-10/h2-7H,8H2,1H3,(H,14,15,17). The number of benzene rings is 1. The van der Waals surface area contributed by atoms with Crippen molar-refractivity contribution < 1.29 is 9.18 Å². The molecule has 1 aromatic heterocycles. The number of anilines is 1. The summed E-state index contributed by atoms with van der Waals surface area (Å²) in [5.74, 6) is 0.102. The molecule has 5 heteroatoms. The van der Waals surface area contributed by atoms with E-state index in [4.69, 9.17) is 0 Å². The van der Waals surface area contributed by atoms with Crippen molar-refractivity contribution in [3.05, 3.63) is 47.9 Å². The molecule has 4 nitrogen and oxygen atoms in total. The van der Waals surface area contributed by atoms with Gasteiger partial charge in [0.25, 0.3) is 0 Å². The van der Waals surface area contributed by atoms with E-state index in [0.717, 1.165) is 5.56 Å². The number of nitrogens with zero attached hydrogens (tertiary/aromatic N) is 2. The van der Waals surface area contributed by atoms with Crippen molar-refractivity contribution in [3.63, 3.8) is 0 Å². The van der Waals surface area contributed by atoms with Crippen molar-refractivity contribution in [1.29, 1.82) is 0 Å². The molecular weight excluding hydrogens is 221 g/mol. The van der Waals surface area contributed by atoms with Gasteiger partial charge in [0.1, 0.15) is 5.82 Å². The molecule has 1 heterocycles. The molecule has 0 atom stereocenters. The zero-order chi connectivity index (χ0) is 12.3. The van der Waals surface area contributed by atoms with E-state index in [-0.39, 0.29) is 11.7 Å². The van der Waals surface area contributed by atoms with E-state index in [0.29, 0.717) is 12.4 Å². The molecule has 88 valence electrons. The fraction of sp³-hybridized carbons (Fsp3) is 0.167. The number of amides is 1. The lowest BCUT2D eigenvalue weighted by molar-refractivity contribution is -0.114. The highest BCUT2D eigenvalue weighted by Crippen LogP contribution is 2.07. The van der Waals surface area contributed by atoms with Crippen LogP contribution in [0.3, 0.4) is 0 Å². The number of rotatable bonds is 3. The number of aromatic nitrogens is 2. The maximum Gasteiger partial charge on any atom is 0.222 e. The normalized spacial score (nSPS) is 10.2. The second-order valence-corrected chi connectivity index (χ2v) is 3.71. The number of carbonyl (C=O) groups is 1. The lowest BCUT2D eigenvalue weighted by Gasteiger charge is -2.01. The van der Waals surface area contributed by atoms with Crippen molar-refractivity contribution in [2.24, 2.45) is 0 Å². The van der Waals surface area contributed by atoms with Gasteiger partial charge in [0.05, 0.1) is 6.54 Å². The van der Waals surface area contributed by atoms with Crippen LogP contribution >= 0.6 is 0 Å². The molecule has 0 spiro atoms. The summed E-state index contributed by atoms with van der Waals surface area (Å²) < 4.78 is 14.4. The van der Waals surface area contributed by atoms with E-state index in [1.165, 1.54) is 19.1 Å². The van der Waals surface area contributed by atoms with Crippen LogP contribution in [0, 0.1) is 5.82 Å². The lowest BCUT2D eigenvalue weighted by atomic mass is 10.2. The summed E-state index contributed by atoms with van der Waals surface area (Å²) in [5, 5.41) is 6.75. The van der Waals surface area contributed by atoms with Gasteiger partial charge < -0.3 is 5.32 Å². The maximum absolute atomic E-state index is 12.7. The maximum atomic E-state index is 12.7. The zero-order valence-electron chi connectivity index (χ0n) is 9.35. The van der Waals surface area contributed by atoms with E-state index < -0.39 is 0 Å². The summed E-state index contributed by atoms with van der Waals surface area (Å²) in [5.41, 5.74) is 0.948. The van der Waals surface area contributed by atoms with Gasteiger partial charge in [0.2, 0.25) is 5.91 Å². The van der Waals surface area contributed by atoms with Gasteiger partial charge in [-0.3, -0.25) is 9.48 Å². The predicted molar refractivity (Wildman–Crippen MR) is 62.0 cm³/mol. The summed E-state index contributed by atoms with van der Waals surface area (Å²) >= 11 is 0. The van der Waals surface area contributed by atoms with Gasteiger partial charge in [-0.25, -0.2) is 4.39 Å². The van der Waals surface area contributed by atoms with Crippen molar-refractivity contribution >= 4 is 11.7 Å². The first-order chi connectivity index (χ1) is 8.13. The highest BCUT2D eigenvalue weighted by Gasteiger charge is 2.01. The molecule has 0 saturated heterocycles. The molecular formula is C12H12FN3O. The van der Waals surface area contributed by atoms with Crippen molar-refractivity contribution in [3.8, 4) is 0 Å². The van der Waals surface area contributed by atoms with Crippen molar-refractivity contribution in [2.45, 2.75) is 13.5 Å². The molecule has 0 radical (unpaired) electrons. The smallest absolute Gasteiger partial charge is 0.222 e. The van der Waals surface area contributed by atoms with Crippen molar-refractivity contribution in [1.82, 2.24) is 9.78 Å². The van der Waals surface area contributed by atoms with Crippen LogP contribution in [-0.4, -0.2) is 15.7 Å². The summed E-state index contributed by atoms with van der Waals surface area (Å²) in [6.07, 6.45) is 1.76. The van der Waals surface area contributed by atoms with Gasteiger partial charge in [-0.1, -0.05) is 12.1 Å². The van der Waals surface area contributed by atoms with E-state index in [2.05, 4.69) is 10.4 Å². The minimum Gasteiger partial charge on any atom is -0.309 e. The van der Waals surface area contributed by atoms with Crippen LogP contribution in [0.15, 0.2) is 36.5 Å². The third kappa shape index (κ3) is 3.14. The molecule has 0 aliphatic rings. The van der Waals surface area contributed by atoms with Gasteiger partial charge in [-0.2, -0.15) is 5.10 Å². The van der Waals surface area contributed by atoms with Crippen LogP contribution in [0.4, 0.5) is 10.2 Å². The average Bonchev–Trinajstić information content (AvgIpc) is 2.68. The first kappa shape index (κ1) is 11.3. The van der Waals surface area contributed by atoms with Crippen molar-refractivity contribution in [2.75, 3.05) is 5.32 Å². The van der Waals surface area contributed by atoms with Crippen LogP contribution in [-0.2, 0) is 11.3 Å². The molecule has 17 heavy (non-hydrogen) atoms. The summed E-state index contributed by atoms with van der Waals surface area (Å²) in [6, 6.07) is 7.94. The van der Waals surface area contributed by atoms with Gasteiger partial charge in [-0.05, 0) is 17.7 Å². The van der Waals surface area contributed by atoms with Crippen LogP contribution < -0.4 is 5.32 Å². The number of halogens is 1. The van der Waals surface area contributed by atoms with E-state index >= 15 is 0 Å². The number of hydrogen-bond donors (Lipinski definition) is 1. The molecule has 0 aliphatic carbocycles. The van der Waals surface area contributed by atoms with Gasteiger partial charge in [-0.15, -0.1) is 0 Å². The van der Waals surface area contributed by atoms with Crippen LogP contribution in [0.5, 0.6) is 0 Å². The third-order valence-electron chi connectivity index (χ3n) is 2.20. The molecule has 0 fully saturated rings. The Morgan fingerprint density at radius 3 is 2.71 bits per heavy atom. The molecule has 0 saturated carbocycles. The monoisotopic (exact) mass is 233 g/mol. The lowest BCUT2D eigenvalue weighted by Crippen LogP contribution is -2.07. The molecule has 1 aromatic carbocycles. The Labute approximate surface area is 98.1 Å². The number of carbonyl (C=O) groups excluding carboxylic acids is 1. The molecule has 0 aliphatic heterocycles. The molecule has 0 unspecified atom stereocenters. The molecule has 2 rings (SSSR count). The molecule has 0 bridgehead atoms. The minimum atomic E-state index is -0.256. The fourth-order valence-corrected chi connectivity index (χ4v) is 1.47. The largest absolute Gasteiger partial charge is 0.309 e. The van der Waals surface area contributed by atoms with Gasteiger partial charge in [0, 0.05) is 19.2 Å². The Balaban J connectivity index is 2.06. The molecule has 1 amide bonds. The Morgan fingerprint density at radius 2 is 2.06 bits per heavy atom. The zero-order valence-corrected chi connectivity index (χ0v) is 9.35. The Hall–Kier alpha value is -2.17. The van der Waals surface area contributed by atoms with E-state index in [1.54, 1.807) is 29.1 Å². The Kier molecular flexibility index (Phi) is 3.18. The minimum absolute atomic E-state index is 0.156. The Morgan fingerprint density at radius 1 is 1.35 bits per heavy atom. The first-order valence-electron chi connectivity index (χ1n) is 5.19. The van der Waals surface area contributed by atoms with Crippen LogP contribution in [0.25, 0.3) is 0 Å². The quantitative estimate of drug-likeness (QED) is 0.881. The van der Waals surface area contributed by atoms with E-state index in [9.17, 15) is 9.18 Å². The second kappa shape index (κ2) is 4.78. The Bertz CT molecular complexity index is 519. The average molecular weight is 233 g/mol.